The predicted octanol–water partition coefficient (Wildman–Crippen LogP) is 2.33. The number of nitrogens with zero attached hydrogens (tertiary/aromatic N) is 3. The lowest BCUT2D eigenvalue weighted by atomic mass is 10.1. The van der Waals surface area contributed by atoms with Crippen LogP contribution in [-0.2, 0) is 11.2 Å². The zero-order valence-electron chi connectivity index (χ0n) is 13.0. The molecule has 3 aromatic rings. The van der Waals surface area contributed by atoms with Gasteiger partial charge < -0.3 is 10.3 Å². The summed E-state index contributed by atoms with van der Waals surface area (Å²) in [6, 6.07) is 6.37. The van der Waals surface area contributed by atoms with Crippen molar-refractivity contribution in [3.05, 3.63) is 48.3 Å². The van der Waals surface area contributed by atoms with Crippen molar-refractivity contribution in [2.75, 3.05) is 6.54 Å². The smallest absolute Gasteiger partial charge is 0.233 e. The molecule has 0 saturated heterocycles. The lowest BCUT2D eigenvalue weighted by Crippen LogP contribution is -2.32. The van der Waals surface area contributed by atoms with Gasteiger partial charge in [-0.15, -0.1) is 0 Å². The number of hydrogen-bond acceptors (Lipinski definition) is 5. The fourth-order valence-electron chi connectivity index (χ4n) is 2.22. The molecule has 3 rings (SSSR count). The average molecular weight is 345 g/mol. The Kier molecular flexibility index (Phi) is 5.05. The van der Waals surface area contributed by atoms with Crippen molar-refractivity contribution in [1.82, 2.24) is 25.3 Å². The summed E-state index contributed by atoms with van der Waals surface area (Å²) in [5.41, 5.74) is 2.15. The number of benzene rings is 1. The van der Waals surface area contributed by atoms with Crippen molar-refractivity contribution < 1.29 is 9.18 Å². The van der Waals surface area contributed by atoms with E-state index in [1.807, 2.05) is 13.0 Å². The van der Waals surface area contributed by atoms with Gasteiger partial charge in [-0.25, -0.2) is 19.3 Å². The number of thioether (sulfide) groups is 1. The van der Waals surface area contributed by atoms with Gasteiger partial charge >= 0.3 is 0 Å². The Labute approximate surface area is 142 Å². The van der Waals surface area contributed by atoms with E-state index in [4.69, 9.17) is 0 Å². The van der Waals surface area contributed by atoms with E-state index in [2.05, 4.69) is 25.3 Å². The third kappa shape index (κ3) is 3.88. The standard InChI is InChI=1S/C16H16FN5OS/c1-10(24-16-13-14(20-8-19-13)21-9-22-16)15(23)18-6-5-11-3-2-4-12(17)7-11/h2-4,7-10H,5-6H2,1H3,(H,18,23)(H,19,20,21,22)/t10-/m1/s1. The quantitative estimate of drug-likeness (QED) is 0.529. The molecule has 2 aromatic heterocycles. The minimum Gasteiger partial charge on any atom is -0.355 e. The number of imidazole rings is 1. The second kappa shape index (κ2) is 7.39. The molecule has 0 unspecified atom stereocenters. The van der Waals surface area contributed by atoms with E-state index in [1.54, 1.807) is 12.4 Å². The molecule has 124 valence electrons. The molecule has 0 bridgehead atoms. The number of halogens is 1. The number of aromatic amines is 1. The Hall–Kier alpha value is -2.48. The fourth-order valence-corrected chi connectivity index (χ4v) is 3.12. The van der Waals surface area contributed by atoms with Crippen LogP contribution < -0.4 is 5.32 Å². The number of aromatic nitrogens is 4. The number of carbonyl (C=O) groups is 1. The van der Waals surface area contributed by atoms with Gasteiger partial charge in [-0.05, 0) is 31.0 Å². The van der Waals surface area contributed by atoms with Crippen LogP contribution in [0.5, 0.6) is 0 Å². The molecule has 0 saturated carbocycles. The first-order chi connectivity index (χ1) is 11.6. The summed E-state index contributed by atoms with van der Waals surface area (Å²) < 4.78 is 13.1. The summed E-state index contributed by atoms with van der Waals surface area (Å²) in [6.45, 7) is 2.27. The van der Waals surface area contributed by atoms with Crippen LogP contribution in [0.4, 0.5) is 4.39 Å². The zero-order valence-corrected chi connectivity index (χ0v) is 13.8. The van der Waals surface area contributed by atoms with E-state index < -0.39 is 0 Å². The molecule has 2 N–H and O–H groups in total. The van der Waals surface area contributed by atoms with Gasteiger partial charge in [0.05, 0.1) is 11.6 Å². The number of nitrogens with one attached hydrogen (secondary N) is 2. The molecule has 0 spiro atoms. The summed E-state index contributed by atoms with van der Waals surface area (Å²) in [5, 5.41) is 3.23. The summed E-state index contributed by atoms with van der Waals surface area (Å²) in [5.74, 6) is -0.363. The van der Waals surface area contributed by atoms with E-state index >= 15 is 0 Å². The summed E-state index contributed by atoms with van der Waals surface area (Å²) in [7, 11) is 0. The second-order valence-corrected chi connectivity index (χ2v) is 6.54. The van der Waals surface area contributed by atoms with Gasteiger partial charge in [0.1, 0.15) is 22.7 Å². The van der Waals surface area contributed by atoms with Crippen molar-refractivity contribution in [2.45, 2.75) is 23.6 Å². The highest BCUT2D eigenvalue weighted by Crippen LogP contribution is 2.25. The lowest BCUT2D eigenvalue weighted by molar-refractivity contribution is -0.120. The molecule has 0 aliphatic rings. The van der Waals surface area contributed by atoms with E-state index in [1.165, 1.54) is 30.2 Å². The summed E-state index contributed by atoms with van der Waals surface area (Å²) in [6.07, 6.45) is 3.56. The van der Waals surface area contributed by atoms with E-state index in [9.17, 15) is 9.18 Å². The molecule has 24 heavy (non-hydrogen) atoms. The van der Waals surface area contributed by atoms with Crippen LogP contribution in [0.15, 0.2) is 41.9 Å². The van der Waals surface area contributed by atoms with Gasteiger partial charge in [-0.2, -0.15) is 0 Å². The Bertz CT molecular complexity index is 853. The Morgan fingerprint density at radius 1 is 1.38 bits per heavy atom. The third-order valence-electron chi connectivity index (χ3n) is 3.45. The van der Waals surface area contributed by atoms with Gasteiger partial charge in [0.25, 0.3) is 0 Å². The number of fused-ring (bicyclic) bond motifs is 1. The van der Waals surface area contributed by atoms with Crippen LogP contribution in [0.25, 0.3) is 11.2 Å². The largest absolute Gasteiger partial charge is 0.355 e. The van der Waals surface area contributed by atoms with Crippen LogP contribution in [-0.4, -0.2) is 37.6 Å². The molecule has 2 heterocycles. The van der Waals surface area contributed by atoms with Gasteiger partial charge in [-0.1, -0.05) is 23.9 Å². The molecule has 0 aliphatic carbocycles. The summed E-state index contributed by atoms with van der Waals surface area (Å²) in [4.78, 5) is 27.5. The van der Waals surface area contributed by atoms with Gasteiger partial charge in [0.2, 0.25) is 5.91 Å². The molecule has 0 fully saturated rings. The third-order valence-corrected chi connectivity index (χ3v) is 4.55. The molecule has 1 atom stereocenters. The maximum absolute atomic E-state index is 13.1. The molecular weight excluding hydrogens is 329 g/mol. The van der Waals surface area contributed by atoms with Gasteiger partial charge in [-0.3, -0.25) is 4.79 Å². The lowest BCUT2D eigenvalue weighted by Gasteiger charge is -2.11. The molecule has 1 aromatic carbocycles. The van der Waals surface area contributed by atoms with Crippen molar-refractivity contribution in [1.29, 1.82) is 0 Å². The van der Waals surface area contributed by atoms with Crippen molar-refractivity contribution in [3.63, 3.8) is 0 Å². The molecule has 0 aliphatic heterocycles. The SMILES string of the molecule is C[C@@H](Sc1ncnc2nc[nH]c12)C(=O)NCCc1cccc(F)c1. The highest BCUT2D eigenvalue weighted by molar-refractivity contribution is 8.00. The average Bonchev–Trinajstić information content (AvgIpc) is 3.04. The highest BCUT2D eigenvalue weighted by Gasteiger charge is 2.17. The number of H-pyrrole nitrogens is 1. The fraction of sp³-hybridized carbons (Fsp3) is 0.250. The van der Waals surface area contributed by atoms with Crippen LogP contribution in [0.1, 0.15) is 12.5 Å². The number of amides is 1. The molecule has 8 heteroatoms. The van der Waals surface area contributed by atoms with Crippen LogP contribution in [0.2, 0.25) is 0 Å². The van der Waals surface area contributed by atoms with E-state index in [-0.39, 0.29) is 17.0 Å². The maximum Gasteiger partial charge on any atom is 0.233 e. The molecule has 6 nitrogen and oxygen atoms in total. The van der Waals surface area contributed by atoms with Crippen molar-refractivity contribution in [3.8, 4) is 0 Å². The first-order valence-electron chi connectivity index (χ1n) is 7.46. The molecular formula is C16H16FN5OS. The Morgan fingerprint density at radius 2 is 2.25 bits per heavy atom. The van der Waals surface area contributed by atoms with Crippen LogP contribution >= 0.6 is 11.8 Å². The number of rotatable bonds is 6. The topological polar surface area (TPSA) is 83.6 Å². The van der Waals surface area contributed by atoms with E-state index in [0.717, 1.165) is 11.1 Å². The first kappa shape index (κ1) is 16.4. The molecule has 1 amide bonds. The zero-order chi connectivity index (χ0) is 16.9. The molecule has 0 radical (unpaired) electrons. The second-order valence-electron chi connectivity index (χ2n) is 5.21. The van der Waals surface area contributed by atoms with E-state index in [0.29, 0.717) is 23.6 Å². The minimum atomic E-state index is -0.320. The van der Waals surface area contributed by atoms with Gasteiger partial charge in [0.15, 0.2) is 5.65 Å². The van der Waals surface area contributed by atoms with Crippen LogP contribution in [0.3, 0.4) is 0 Å². The number of carbonyl (C=O) groups excluding carboxylic acids is 1. The minimum absolute atomic E-state index is 0.0947. The van der Waals surface area contributed by atoms with Crippen LogP contribution in [0, 0.1) is 5.82 Å². The van der Waals surface area contributed by atoms with Gasteiger partial charge in [0, 0.05) is 6.54 Å². The predicted molar refractivity (Wildman–Crippen MR) is 90.1 cm³/mol. The maximum atomic E-state index is 13.1. The Morgan fingerprint density at radius 3 is 3.08 bits per heavy atom. The monoisotopic (exact) mass is 345 g/mol. The summed E-state index contributed by atoms with van der Waals surface area (Å²) >= 11 is 1.34. The Balaban J connectivity index is 1.54. The van der Waals surface area contributed by atoms with Crippen molar-refractivity contribution >= 4 is 28.8 Å². The highest BCUT2D eigenvalue weighted by atomic mass is 32.2. The normalized spacial score (nSPS) is 12.2. The first-order valence-corrected chi connectivity index (χ1v) is 8.34. The van der Waals surface area contributed by atoms with Crippen molar-refractivity contribution in [2.24, 2.45) is 0 Å². The number of hydrogen-bond donors (Lipinski definition) is 2.